The fourth-order valence-corrected chi connectivity index (χ4v) is 2.46. The van der Waals surface area contributed by atoms with Crippen LogP contribution in [0, 0.1) is 11.8 Å². The molecule has 0 aromatic carbocycles. The van der Waals surface area contributed by atoms with Gasteiger partial charge in [0.1, 0.15) is 12.4 Å². The second-order valence-corrected chi connectivity index (χ2v) is 5.01. The molecule has 1 fully saturated rings. The second kappa shape index (κ2) is 7.12. The average Bonchev–Trinajstić information content (AvgIpc) is 2.33. The summed E-state index contributed by atoms with van der Waals surface area (Å²) in [4.78, 5) is 11.8. The summed E-state index contributed by atoms with van der Waals surface area (Å²) in [7, 11) is 0. The molecule has 0 aliphatic heterocycles. The third-order valence-electron chi connectivity index (χ3n) is 3.64. The predicted octanol–water partition coefficient (Wildman–Crippen LogP) is 3.74. The summed E-state index contributed by atoms with van der Waals surface area (Å²) in [5.74, 6) is 0.824. The first-order chi connectivity index (χ1) is 8.42. The molecule has 0 amide bonds. The van der Waals surface area contributed by atoms with Crippen molar-refractivity contribution in [3.63, 3.8) is 0 Å². The van der Waals surface area contributed by atoms with E-state index < -0.39 is 12.8 Å². The number of hydrogen-bond acceptors (Lipinski definition) is 2. The number of ether oxygens (including phenoxy) is 1. The first-order valence-corrected chi connectivity index (χ1v) is 6.59. The van der Waals surface area contributed by atoms with Crippen LogP contribution in [-0.4, -0.2) is 25.2 Å². The molecule has 0 saturated heterocycles. The molecule has 1 aliphatic rings. The van der Waals surface area contributed by atoms with Crippen LogP contribution in [0.1, 0.15) is 45.4 Å². The van der Waals surface area contributed by atoms with Gasteiger partial charge in [-0.2, -0.15) is 13.2 Å². The summed E-state index contributed by atoms with van der Waals surface area (Å²) in [5.41, 5.74) is 0. The van der Waals surface area contributed by atoms with Gasteiger partial charge in [0.15, 0.2) is 0 Å². The molecule has 1 saturated carbocycles. The summed E-state index contributed by atoms with van der Waals surface area (Å²) in [6, 6.07) is 0. The molecular weight excluding hydrogens is 245 g/mol. The Kier molecular flexibility index (Phi) is 6.12. The van der Waals surface area contributed by atoms with E-state index in [-0.39, 0.29) is 24.7 Å². The fraction of sp³-hybridized carbons (Fsp3) is 0.923. The van der Waals surface area contributed by atoms with Crippen LogP contribution in [-0.2, 0) is 9.53 Å². The zero-order valence-electron chi connectivity index (χ0n) is 10.8. The van der Waals surface area contributed by atoms with Crippen molar-refractivity contribution in [2.24, 2.45) is 11.8 Å². The van der Waals surface area contributed by atoms with E-state index in [1.54, 1.807) is 0 Å². The van der Waals surface area contributed by atoms with E-state index in [4.69, 9.17) is 0 Å². The summed E-state index contributed by atoms with van der Waals surface area (Å²) in [6.07, 6.45) is 0.856. The zero-order valence-corrected chi connectivity index (χ0v) is 10.8. The Balaban J connectivity index is 2.14. The third kappa shape index (κ3) is 5.85. The van der Waals surface area contributed by atoms with E-state index in [0.29, 0.717) is 0 Å². The number of Topliss-reactive ketones (excluding diaryl/α,β-unsaturated/α-hetero) is 1. The molecule has 0 spiro atoms. The van der Waals surface area contributed by atoms with Crippen molar-refractivity contribution in [1.82, 2.24) is 0 Å². The molecule has 0 heterocycles. The zero-order chi connectivity index (χ0) is 13.6. The Morgan fingerprint density at radius 2 is 1.83 bits per heavy atom. The summed E-state index contributed by atoms with van der Waals surface area (Å²) in [5, 5.41) is 0. The van der Waals surface area contributed by atoms with Gasteiger partial charge in [0, 0.05) is 12.3 Å². The lowest BCUT2D eigenvalue weighted by Gasteiger charge is -2.26. The normalized spacial score (nSPS) is 25.1. The molecule has 1 rings (SSSR count). The monoisotopic (exact) mass is 266 g/mol. The molecule has 106 valence electrons. The summed E-state index contributed by atoms with van der Waals surface area (Å²) in [6.45, 7) is 0.771. The van der Waals surface area contributed by atoms with Crippen LogP contribution in [0.15, 0.2) is 0 Å². The Morgan fingerprint density at radius 1 is 1.22 bits per heavy atom. The molecule has 0 unspecified atom stereocenters. The minimum absolute atomic E-state index is 0.0438. The lowest BCUT2D eigenvalue weighted by atomic mass is 9.78. The Labute approximate surface area is 106 Å². The van der Waals surface area contributed by atoms with Crippen molar-refractivity contribution in [3.05, 3.63) is 0 Å². The standard InChI is InChI=1S/C13H21F3O2/c1-2-10-3-5-11(6-4-10)12(17)7-8-18-9-13(14,15)16/h10-11H,2-9H2,1H3. The molecule has 5 heteroatoms. The molecule has 0 N–H and O–H groups in total. The number of hydrogen-bond donors (Lipinski definition) is 0. The summed E-state index contributed by atoms with van der Waals surface area (Å²) < 4.78 is 39.9. The molecule has 1 aliphatic carbocycles. The highest BCUT2D eigenvalue weighted by Crippen LogP contribution is 2.31. The van der Waals surface area contributed by atoms with E-state index in [1.807, 2.05) is 0 Å². The van der Waals surface area contributed by atoms with E-state index in [1.165, 1.54) is 0 Å². The fourth-order valence-electron chi connectivity index (χ4n) is 2.46. The highest BCUT2D eigenvalue weighted by Gasteiger charge is 2.28. The number of halogens is 3. The van der Waals surface area contributed by atoms with Gasteiger partial charge in [-0.3, -0.25) is 4.79 Å². The van der Waals surface area contributed by atoms with Crippen LogP contribution < -0.4 is 0 Å². The lowest BCUT2D eigenvalue weighted by Crippen LogP contribution is -2.24. The van der Waals surface area contributed by atoms with Crippen LogP contribution in [0.4, 0.5) is 13.2 Å². The molecule has 0 radical (unpaired) electrons. The van der Waals surface area contributed by atoms with Crippen molar-refractivity contribution in [1.29, 1.82) is 0 Å². The molecule has 18 heavy (non-hydrogen) atoms. The minimum atomic E-state index is -4.30. The smallest absolute Gasteiger partial charge is 0.372 e. The first kappa shape index (κ1) is 15.5. The van der Waals surface area contributed by atoms with Crippen molar-refractivity contribution >= 4 is 5.78 Å². The molecule has 0 aromatic rings. The Bertz CT molecular complexity index is 255. The molecular formula is C13H21F3O2. The minimum Gasteiger partial charge on any atom is -0.372 e. The van der Waals surface area contributed by atoms with E-state index in [2.05, 4.69) is 11.7 Å². The van der Waals surface area contributed by atoms with E-state index in [0.717, 1.165) is 38.0 Å². The lowest BCUT2D eigenvalue weighted by molar-refractivity contribution is -0.174. The van der Waals surface area contributed by atoms with Crippen molar-refractivity contribution < 1.29 is 22.7 Å². The number of carbonyl (C=O) groups excluding carboxylic acids is 1. The highest BCUT2D eigenvalue weighted by molar-refractivity contribution is 5.81. The maximum absolute atomic E-state index is 11.8. The summed E-state index contributed by atoms with van der Waals surface area (Å²) >= 11 is 0. The van der Waals surface area contributed by atoms with E-state index in [9.17, 15) is 18.0 Å². The van der Waals surface area contributed by atoms with Gasteiger partial charge in [-0.15, -0.1) is 0 Å². The largest absolute Gasteiger partial charge is 0.411 e. The number of rotatable bonds is 6. The second-order valence-electron chi connectivity index (χ2n) is 5.01. The van der Waals surface area contributed by atoms with Gasteiger partial charge in [-0.25, -0.2) is 0 Å². The van der Waals surface area contributed by atoms with Gasteiger partial charge in [-0.05, 0) is 31.6 Å². The van der Waals surface area contributed by atoms with Gasteiger partial charge >= 0.3 is 6.18 Å². The Hall–Kier alpha value is -0.580. The van der Waals surface area contributed by atoms with Gasteiger partial charge in [0.25, 0.3) is 0 Å². The van der Waals surface area contributed by atoms with Crippen LogP contribution in [0.25, 0.3) is 0 Å². The number of alkyl halides is 3. The highest BCUT2D eigenvalue weighted by atomic mass is 19.4. The van der Waals surface area contributed by atoms with Crippen molar-refractivity contribution in [3.8, 4) is 0 Å². The van der Waals surface area contributed by atoms with Gasteiger partial charge < -0.3 is 4.74 Å². The van der Waals surface area contributed by atoms with Crippen molar-refractivity contribution in [2.75, 3.05) is 13.2 Å². The molecule has 2 nitrogen and oxygen atoms in total. The van der Waals surface area contributed by atoms with Gasteiger partial charge in [0.05, 0.1) is 6.61 Å². The van der Waals surface area contributed by atoms with Gasteiger partial charge in [-0.1, -0.05) is 13.3 Å². The van der Waals surface area contributed by atoms with Crippen molar-refractivity contribution in [2.45, 2.75) is 51.6 Å². The molecule has 0 atom stereocenters. The maximum Gasteiger partial charge on any atom is 0.411 e. The van der Waals surface area contributed by atoms with Crippen LogP contribution in [0.5, 0.6) is 0 Å². The quantitative estimate of drug-likeness (QED) is 0.684. The molecule has 0 aromatic heterocycles. The van der Waals surface area contributed by atoms with E-state index >= 15 is 0 Å². The average molecular weight is 266 g/mol. The van der Waals surface area contributed by atoms with Crippen LogP contribution in [0.3, 0.4) is 0 Å². The first-order valence-electron chi connectivity index (χ1n) is 6.59. The van der Waals surface area contributed by atoms with Gasteiger partial charge in [0.2, 0.25) is 0 Å². The number of ketones is 1. The van der Waals surface area contributed by atoms with Crippen LogP contribution in [0.2, 0.25) is 0 Å². The van der Waals surface area contributed by atoms with Crippen LogP contribution >= 0.6 is 0 Å². The predicted molar refractivity (Wildman–Crippen MR) is 62.2 cm³/mol. The topological polar surface area (TPSA) is 26.3 Å². The Morgan fingerprint density at radius 3 is 2.33 bits per heavy atom. The number of carbonyl (C=O) groups is 1. The maximum atomic E-state index is 11.8. The third-order valence-corrected chi connectivity index (χ3v) is 3.64. The molecule has 0 bridgehead atoms. The SMILES string of the molecule is CCC1CCC(C(=O)CCOCC(F)(F)F)CC1.